The van der Waals surface area contributed by atoms with Crippen LogP contribution in [0.15, 0.2) is 103 Å². The fraction of sp³-hybridized carbons (Fsp3) is 0.107. The third kappa shape index (κ3) is 3.81. The number of rotatable bonds is 5. The molecule has 0 saturated carbocycles. The van der Waals surface area contributed by atoms with Crippen molar-refractivity contribution < 1.29 is 5.11 Å². The van der Waals surface area contributed by atoms with Gasteiger partial charge in [-0.3, -0.25) is 0 Å². The van der Waals surface area contributed by atoms with Crippen LogP contribution in [0, 0.1) is 12.3 Å². The number of imidazole rings is 1. The highest BCUT2D eigenvalue weighted by Crippen LogP contribution is 2.49. The molecule has 4 aromatic carbocycles. The third-order valence-electron chi connectivity index (χ3n) is 6.28. The lowest BCUT2D eigenvalue weighted by Crippen LogP contribution is -2.30. The molecular formula is C28H25I2N2OP. The Morgan fingerprint density at radius 2 is 1.26 bits per heavy atom. The average molecular weight is 690 g/mol. The number of aliphatic hydroxyl groups excluding tert-OH is 1. The SMILES string of the molecule is Cn1c(=P(c2ccccc2)(c2ccccc2)c2cccc(I)c2I)n(CCO)c2ccccc21. The normalized spacial score (nSPS) is 11.8. The van der Waals surface area contributed by atoms with E-state index in [1.54, 1.807) is 0 Å². The first kappa shape index (κ1) is 23.9. The van der Waals surface area contributed by atoms with E-state index in [1.807, 2.05) is 0 Å². The molecule has 6 heteroatoms. The highest BCUT2D eigenvalue weighted by Gasteiger charge is 2.32. The lowest BCUT2D eigenvalue weighted by Gasteiger charge is -2.30. The summed E-state index contributed by atoms with van der Waals surface area (Å²) in [5.74, 6) is 0. The van der Waals surface area contributed by atoms with Gasteiger partial charge in [-0.1, -0.05) is 84.9 Å². The predicted molar refractivity (Wildman–Crippen MR) is 162 cm³/mol. The van der Waals surface area contributed by atoms with Crippen LogP contribution >= 0.6 is 52.1 Å². The summed E-state index contributed by atoms with van der Waals surface area (Å²) < 4.78 is 7.23. The Kier molecular flexibility index (Phi) is 7.07. The van der Waals surface area contributed by atoms with Gasteiger partial charge in [-0.2, -0.15) is 0 Å². The summed E-state index contributed by atoms with van der Waals surface area (Å²) in [7, 11) is 2.17. The lowest BCUT2D eigenvalue weighted by molar-refractivity contribution is 0.276. The highest BCUT2D eigenvalue weighted by molar-refractivity contribution is 14.1. The Labute approximate surface area is 227 Å². The van der Waals surface area contributed by atoms with E-state index < -0.39 is 6.89 Å². The fourth-order valence-corrected chi connectivity index (χ4v) is 11.7. The summed E-state index contributed by atoms with van der Waals surface area (Å²) in [6.07, 6.45) is 0. The number of aromatic nitrogens is 2. The van der Waals surface area contributed by atoms with E-state index in [9.17, 15) is 5.11 Å². The van der Waals surface area contributed by atoms with Gasteiger partial charge in [-0.15, -0.1) is 0 Å². The van der Waals surface area contributed by atoms with Crippen molar-refractivity contribution in [2.45, 2.75) is 6.54 Å². The molecule has 1 heterocycles. The zero-order valence-electron chi connectivity index (χ0n) is 18.8. The van der Waals surface area contributed by atoms with Crippen LogP contribution in [0.3, 0.4) is 0 Å². The van der Waals surface area contributed by atoms with Crippen molar-refractivity contribution in [3.63, 3.8) is 0 Å². The topological polar surface area (TPSA) is 30.1 Å². The van der Waals surface area contributed by atoms with E-state index in [1.165, 1.54) is 33.8 Å². The Bertz CT molecular complexity index is 1510. The van der Waals surface area contributed by atoms with Crippen LogP contribution in [-0.2, 0) is 13.6 Å². The van der Waals surface area contributed by atoms with Crippen LogP contribution in [0.2, 0.25) is 0 Å². The zero-order chi connectivity index (χ0) is 23.7. The van der Waals surface area contributed by atoms with Crippen LogP contribution in [0.5, 0.6) is 0 Å². The molecule has 0 unspecified atom stereocenters. The van der Waals surface area contributed by atoms with Crippen LogP contribution in [0.4, 0.5) is 0 Å². The molecule has 0 fully saturated rings. The molecule has 0 saturated heterocycles. The van der Waals surface area contributed by atoms with Crippen molar-refractivity contribution in [1.29, 1.82) is 0 Å². The predicted octanol–water partition coefficient (Wildman–Crippen LogP) is 5.71. The molecule has 5 rings (SSSR count). The molecule has 34 heavy (non-hydrogen) atoms. The van der Waals surface area contributed by atoms with Gasteiger partial charge in [0.15, 0.2) is 0 Å². The van der Waals surface area contributed by atoms with Crippen molar-refractivity contribution in [3.05, 3.63) is 115 Å². The molecule has 3 nitrogen and oxygen atoms in total. The Balaban J connectivity index is 2.22. The molecule has 0 aliphatic heterocycles. The van der Waals surface area contributed by atoms with Crippen molar-refractivity contribution in [3.8, 4) is 0 Å². The quantitative estimate of drug-likeness (QED) is 0.186. The zero-order valence-corrected chi connectivity index (χ0v) is 24.0. The lowest BCUT2D eigenvalue weighted by atomic mass is 10.3. The van der Waals surface area contributed by atoms with Crippen LogP contribution in [0.25, 0.3) is 11.0 Å². The third-order valence-corrected chi connectivity index (χ3v) is 14.2. The van der Waals surface area contributed by atoms with Gasteiger partial charge in [0.05, 0.1) is 17.6 Å². The van der Waals surface area contributed by atoms with Gasteiger partial charge in [0.25, 0.3) is 0 Å². The van der Waals surface area contributed by atoms with Crippen molar-refractivity contribution in [2.24, 2.45) is 7.05 Å². The molecule has 1 N–H and O–H groups in total. The first-order valence-corrected chi connectivity index (χ1v) is 15.1. The highest BCUT2D eigenvalue weighted by atomic mass is 127. The summed E-state index contributed by atoms with van der Waals surface area (Å²) in [4.78, 5) is 0. The van der Waals surface area contributed by atoms with Crippen molar-refractivity contribution in [1.82, 2.24) is 9.13 Å². The molecule has 0 amide bonds. The number of benzene rings is 4. The minimum Gasteiger partial charge on any atom is -0.395 e. The first-order chi connectivity index (χ1) is 16.6. The van der Waals surface area contributed by atoms with E-state index >= 15 is 0 Å². The second-order valence-electron chi connectivity index (χ2n) is 8.14. The molecule has 172 valence electrons. The molecule has 1 aromatic heterocycles. The Hall–Kier alpha value is -1.80. The van der Waals surface area contributed by atoms with Crippen molar-refractivity contribution >= 4 is 79.0 Å². The van der Waals surface area contributed by atoms with E-state index in [4.69, 9.17) is 0 Å². The van der Waals surface area contributed by atoms with E-state index in [0.29, 0.717) is 6.54 Å². The van der Waals surface area contributed by atoms with Gasteiger partial charge < -0.3 is 14.2 Å². The van der Waals surface area contributed by atoms with Crippen LogP contribution < -0.4 is 15.9 Å². The van der Waals surface area contributed by atoms with Gasteiger partial charge in [0.2, 0.25) is 0 Å². The average Bonchev–Trinajstić information content (AvgIpc) is 3.16. The summed E-state index contributed by atoms with van der Waals surface area (Å²) in [5, 5.41) is 15.4. The standard InChI is InChI=1S/C28H25I2N2OP/c1-31-24-16-8-9-17-25(24)32(19-20-33)28(31)34(21-11-4-2-5-12-21,22-13-6-3-7-14-22)26-18-10-15-23(29)27(26)30/h2-18,33H,19-20H2,1H3. The first-order valence-electron chi connectivity index (χ1n) is 11.1. The van der Waals surface area contributed by atoms with E-state index in [2.05, 4.69) is 164 Å². The van der Waals surface area contributed by atoms with Gasteiger partial charge >= 0.3 is 0 Å². The van der Waals surface area contributed by atoms with Gasteiger partial charge in [0.1, 0.15) is 5.20 Å². The summed E-state index contributed by atoms with van der Waals surface area (Å²) in [5.41, 5.74) is 2.31. The molecular weight excluding hydrogens is 665 g/mol. The largest absolute Gasteiger partial charge is 0.395 e. The molecule has 0 aliphatic carbocycles. The van der Waals surface area contributed by atoms with Gasteiger partial charge in [0, 0.05) is 32.9 Å². The van der Waals surface area contributed by atoms with Gasteiger partial charge in [-0.25, -0.2) is 0 Å². The fourth-order valence-electron chi connectivity index (χ4n) is 4.92. The maximum Gasteiger partial charge on any atom is 0.121 e. The van der Waals surface area contributed by atoms with Crippen LogP contribution in [0.1, 0.15) is 0 Å². The summed E-state index contributed by atoms with van der Waals surface area (Å²) in [6, 6.07) is 37.0. The molecule has 0 spiro atoms. The van der Waals surface area contributed by atoms with Crippen molar-refractivity contribution in [2.75, 3.05) is 6.61 Å². The Morgan fingerprint density at radius 1 is 0.706 bits per heavy atom. The molecule has 0 atom stereocenters. The van der Waals surface area contributed by atoms with Gasteiger partial charge in [-0.05, 0) is 74.0 Å². The van der Waals surface area contributed by atoms with E-state index in [0.717, 1.165) is 5.52 Å². The molecule has 0 aliphatic rings. The number of hydrogen-bond donors (Lipinski definition) is 1. The number of hydrogen-bond acceptors (Lipinski definition) is 1. The van der Waals surface area contributed by atoms with E-state index in [-0.39, 0.29) is 6.61 Å². The summed E-state index contributed by atoms with van der Waals surface area (Å²) in [6.45, 7) is -1.72. The number of halogens is 2. The monoisotopic (exact) mass is 690 g/mol. The second-order valence-corrected chi connectivity index (χ2v) is 13.6. The van der Waals surface area contributed by atoms with Crippen LogP contribution in [-0.4, -0.2) is 20.8 Å². The number of nitrogens with zero attached hydrogens (tertiary/aromatic N) is 2. The number of aliphatic hydroxyl groups is 1. The second kappa shape index (κ2) is 10.1. The minimum atomic E-state index is -2.35. The maximum atomic E-state index is 10.2. The summed E-state index contributed by atoms with van der Waals surface area (Å²) >= 11 is 4.98. The molecule has 0 radical (unpaired) electrons. The minimum absolute atomic E-state index is 0.0820. The number of fused-ring (bicyclic) bond motifs is 1. The molecule has 5 aromatic rings. The number of para-hydroxylation sites is 2. The maximum absolute atomic E-state index is 10.2. The Morgan fingerprint density at radius 3 is 1.85 bits per heavy atom. The smallest absolute Gasteiger partial charge is 0.121 e. The number of aryl methyl sites for hydroxylation is 1. The molecule has 0 bridgehead atoms.